The van der Waals surface area contributed by atoms with Gasteiger partial charge in [0.25, 0.3) is 0 Å². The van der Waals surface area contributed by atoms with Crippen LogP contribution in [0.25, 0.3) is 208 Å². The predicted molar refractivity (Wildman–Crippen MR) is 474 cm³/mol. The molecule has 4 aliphatic rings. The van der Waals surface area contributed by atoms with Crippen molar-refractivity contribution in [2.75, 3.05) is 0 Å². The minimum atomic E-state index is -0.635. The lowest BCUT2D eigenvalue weighted by Crippen LogP contribution is -2.26. The Bertz CT molecular complexity index is 7980. The summed E-state index contributed by atoms with van der Waals surface area (Å²) in [6.45, 7) is 0. The second-order valence-corrected chi connectivity index (χ2v) is 31.8. The quantitative estimate of drug-likeness (QED) is 0.124. The molecule has 21 aromatic carbocycles. The molecule has 0 saturated carbocycles. The van der Waals surface area contributed by atoms with Crippen LogP contribution in [0.4, 0.5) is 0 Å². The van der Waals surface area contributed by atoms with Crippen molar-refractivity contribution in [1.82, 2.24) is 0 Å². The molecule has 0 bridgehead atoms. The van der Waals surface area contributed by atoms with Crippen molar-refractivity contribution in [3.05, 3.63) is 433 Å². The fourth-order valence-corrected chi connectivity index (χ4v) is 22.1. The summed E-state index contributed by atoms with van der Waals surface area (Å²) in [6.07, 6.45) is 0. The predicted octanol–water partition coefficient (Wildman–Crippen LogP) is 29.8. The topological polar surface area (TPSA) is 13.1 Å². The highest BCUT2D eigenvalue weighted by Gasteiger charge is 2.55. The molecule has 0 radical (unpaired) electrons. The summed E-state index contributed by atoms with van der Waals surface area (Å²) in [6, 6.07) is 148. The van der Waals surface area contributed by atoms with Gasteiger partial charge in [-0.15, -0.1) is 0 Å². The molecule has 0 N–H and O–H groups in total. The average molecular weight is 1430 g/mol. The fourth-order valence-electron chi connectivity index (χ4n) is 22.1. The van der Waals surface area contributed by atoms with Gasteiger partial charge in [-0.25, -0.2) is 0 Å². The van der Waals surface area contributed by atoms with Gasteiger partial charge in [0.1, 0.15) is 11.2 Å². The van der Waals surface area contributed by atoms with Crippen molar-refractivity contribution >= 4 is 108 Å². The van der Waals surface area contributed by atoms with E-state index in [9.17, 15) is 0 Å². The van der Waals surface area contributed by atoms with Crippen LogP contribution in [0, 0.1) is 0 Å². The first-order valence-corrected chi connectivity index (χ1v) is 39.6. The maximum absolute atomic E-state index is 6.58. The van der Waals surface area contributed by atoms with Gasteiger partial charge in [-0.05, 0) is 298 Å². The maximum atomic E-state index is 6.58. The van der Waals surface area contributed by atoms with Gasteiger partial charge in [-0.2, -0.15) is 0 Å². The van der Waals surface area contributed by atoms with E-state index in [1.165, 1.54) is 214 Å². The first-order valence-electron chi connectivity index (χ1n) is 39.6. The summed E-state index contributed by atoms with van der Waals surface area (Å²) in [7, 11) is 0. The smallest absolute Gasteiger partial charge is 0.135 e. The summed E-state index contributed by atoms with van der Waals surface area (Å²) in [5.41, 5.74) is 33.6. The molecule has 0 unspecified atom stereocenters. The zero-order valence-electron chi connectivity index (χ0n) is 61.4. The number of hydrogen-bond acceptors (Lipinski definition) is 1. The Balaban J connectivity index is 0.693. The summed E-state index contributed by atoms with van der Waals surface area (Å²) >= 11 is 0. The molecule has 22 aromatic rings. The lowest BCUT2D eigenvalue weighted by Gasteiger charge is -2.32. The molecule has 0 saturated heterocycles. The fraction of sp³-hybridized carbons (Fsp3) is 0.0179. The van der Waals surface area contributed by atoms with Crippen molar-refractivity contribution in [3.63, 3.8) is 0 Å². The molecule has 1 nitrogen and oxygen atoms in total. The van der Waals surface area contributed by atoms with Crippen LogP contribution in [0.15, 0.2) is 393 Å². The van der Waals surface area contributed by atoms with E-state index in [1.54, 1.807) is 0 Å². The highest BCUT2D eigenvalue weighted by atomic mass is 16.3. The standard InChI is InChI=1S/C112H64O/c1-2-25-66-62-101-96(59-65(66)24-1)109-85-39-9-7-32-78(85)91(63-102(109)111(101)97-43-18-13-34-80(97)81-35-14-19-44-98(81)111)69-27-23-28-72(57-69)106-87-41-11-12-42-88(87)107(73-51-55-105-94(61-73)84-38-17-22-47-104(84)113-105)95-58-68(49-53-89(95)106)67-48-52-75-71(56-67)50-54-90-108-86-40-10-8-33-79(86)93(92-60-70-26-3-4-29-74(70)76-30-5-6-31-77(76)92)64-103(108)112(110(75)90)99-45-20-15-36-82(99)83-37-16-21-46-100(83)112/h1-64H. The minimum absolute atomic E-state index is 0.549. The second-order valence-electron chi connectivity index (χ2n) is 31.8. The highest BCUT2D eigenvalue weighted by Crippen LogP contribution is 2.68. The molecule has 2 spiro atoms. The van der Waals surface area contributed by atoms with Crippen LogP contribution in [0.1, 0.15) is 44.5 Å². The first kappa shape index (κ1) is 61.4. The third-order valence-corrected chi connectivity index (χ3v) is 26.6. The molecule has 1 aromatic heterocycles. The Labute approximate surface area is 651 Å². The Morgan fingerprint density at radius 3 is 1.24 bits per heavy atom. The van der Waals surface area contributed by atoms with E-state index in [4.69, 9.17) is 4.42 Å². The van der Waals surface area contributed by atoms with Gasteiger partial charge >= 0.3 is 0 Å². The lowest BCUT2D eigenvalue weighted by molar-refractivity contribution is 0.669. The van der Waals surface area contributed by atoms with Crippen LogP contribution in [0.2, 0.25) is 0 Å². The largest absolute Gasteiger partial charge is 0.456 e. The van der Waals surface area contributed by atoms with Gasteiger partial charge in [0.05, 0.1) is 10.8 Å². The number of benzene rings is 21. The van der Waals surface area contributed by atoms with Gasteiger partial charge in [-0.1, -0.05) is 322 Å². The van der Waals surface area contributed by atoms with E-state index in [1.807, 2.05) is 0 Å². The van der Waals surface area contributed by atoms with E-state index in [0.29, 0.717) is 0 Å². The molecular weight excluding hydrogens is 1360 g/mol. The molecule has 0 aliphatic heterocycles. The van der Waals surface area contributed by atoms with Crippen molar-refractivity contribution in [3.8, 4) is 100 Å². The molecule has 0 amide bonds. The van der Waals surface area contributed by atoms with Crippen LogP contribution in [0.3, 0.4) is 0 Å². The van der Waals surface area contributed by atoms with Crippen LogP contribution in [-0.4, -0.2) is 0 Å². The van der Waals surface area contributed by atoms with E-state index >= 15 is 0 Å². The van der Waals surface area contributed by atoms with Gasteiger partial charge in [0.15, 0.2) is 0 Å². The molecule has 518 valence electrons. The Morgan fingerprint density at radius 1 is 0.150 bits per heavy atom. The molecule has 113 heavy (non-hydrogen) atoms. The van der Waals surface area contributed by atoms with E-state index in [0.717, 1.165) is 38.6 Å². The van der Waals surface area contributed by atoms with Crippen LogP contribution >= 0.6 is 0 Å². The number of hydrogen-bond donors (Lipinski definition) is 0. The number of rotatable bonds is 5. The van der Waals surface area contributed by atoms with Gasteiger partial charge in [-0.3, -0.25) is 0 Å². The Morgan fingerprint density at radius 2 is 0.566 bits per heavy atom. The average Bonchev–Trinajstić information content (AvgIpc) is 1.50. The summed E-state index contributed by atoms with van der Waals surface area (Å²) in [5.74, 6) is 0. The number of para-hydroxylation sites is 1. The third kappa shape index (κ3) is 8.04. The Kier molecular flexibility index (Phi) is 12.3. The molecule has 0 fully saturated rings. The first-order chi connectivity index (χ1) is 56.0. The minimum Gasteiger partial charge on any atom is -0.456 e. The van der Waals surface area contributed by atoms with E-state index in [2.05, 4.69) is 388 Å². The van der Waals surface area contributed by atoms with Crippen LogP contribution in [-0.2, 0) is 10.8 Å². The molecule has 4 aliphatic carbocycles. The van der Waals surface area contributed by atoms with Gasteiger partial charge < -0.3 is 4.42 Å². The van der Waals surface area contributed by atoms with Gasteiger partial charge in [0, 0.05) is 10.8 Å². The maximum Gasteiger partial charge on any atom is 0.135 e. The second kappa shape index (κ2) is 22.6. The third-order valence-electron chi connectivity index (χ3n) is 26.6. The molecular formula is C112H64O. The summed E-state index contributed by atoms with van der Waals surface area (Å²) in [5, 5.41) is 22.0. The monoisotopic (exact) mass is 1420 g/mol. The molecule has 1 heterocycles. The molecule has 1 heteroatoms. The number of fused-ring (bicyclic) bond motifs is 35. The zero-order chi connectivity index (χ0) is 73.5. The van der Waals surface area contributed by atoms with Crippen molar-refractivity contribution in [2.24, 2.45) is 0 Å². The van der Waals surface area contributed by atoms with Crippen molar-refractivity contribution in [1.29, 1.82) is 0 Å². The molecule has 0 atom stereocenters. The summed E-state index contributed by atoms with van der Waals surface area (Å²) < 4.78 is 6.58. The van der Waals surface area contributed by atoms with E-state index in [-0.39, 0.29) is 0 Å². The van der Waals surface area contributed by atoms with Crippen molar-refractivity contribution < 1.29 is 4.42 Å². The normalized spacial score (nSPS) is 13.6. The SMILES string of the molecule is c1cc(-c2cc3c(c4ccccc24)-c2cc4ccccc4cc2C32c3ccccc3-c3ccccc32)cc(-c2c3ccccc3c(-c3ccc4oc5ccccc5c4c3)c3cc(-c4ccc5c6c(ccc5c4)-c4c(cc(-c5cc7ccccc7c7ccccc57)c5ccccc45)C64c5ccccc5-c5ccccc54)ccc23)c1. The lowest BCUT2D eigenvalue weighted by atomic mass is 9.68. The van der Waals surface area contributed by atoms with Crippen LogP contribution in [0.5, 0.6) is 0 Å². The number of furan rings is 1. The zero-order valence-corrected chi connectivity index (χ0v) is 61.4. The Hall–Kier alpha value is -14.5. The molecule has 26 rings (SSSR count). The van der Waals surface area contributed by atoms with Gasteiger partial charge in [0.2, 0.25) is 0 Å². The van der Waals surface area contributed by atoms with Crippen molar-refractivity contribution in [2.45, 2.75) is 10.8 Å². The van der Waals surface area contributed by atoms with Crippen LogP contribution < -0.4 is 0 Å². The highest BCUT2D eigenvalue weighted by molar-refractivity contribution is 6.25. The summed E-state index contributed by atoms with van der Waals surface area (Å²) in [4.78, 5) is 0. The van der Waals surface area contributed by atoms with E-state index < -0.39 is 10.8 Å².